The number of nitrogens with zero attached hydrogens (tertiary/aromatic N) is 2. The Labute approximate surface area is 150 Å². The van der Waals surface area contributed by atoms with Crippen LogP contribution < -0.4 is 4.74 Å². The number of Topliss-reactive ketones (excluding diaryl/α,β-unsaturated/α-hetero) is 1. The van der Waals surface area contributed by atoms with E-state index in [4.69, 9.17) is 4.74 Å². The summed E-state index contributed by atoms with van der Waals surface area (Å²) in [6, 6.07) is 4.23. The van der Waals surface area contributed by atoms with Gasteiger partial charge in [0.2, 0.25) is 5.16 Å². The maximum Gasteiger partial charge on any atom is 0.208 e. The van der Waals surface area contributed by atoms with E-state index in [9.17, 15) is 9.18 Å². The van der Waals surface area contributed by atoms with Crippen LogP contribution in [0.1, 0.15) is 48.3 Å². The number of aryl methyl sites for hydroxylation is 1. The molecular weight excluding hydrogens is 341 g/mol. The molecule has 0 unspecified atom stereocenters. The number of benzene rings is 1. The van der Waals surface area contributed by atoms with E-state index in [0.717, 1.165) is 24.6 Å². The molecule has 0 saturated heterocycles. The lowest BCUT2D eigenvalue weighted by atomic mass is 10.0. The Bertz CT molecular complexity index is 729. The normalized spacial score (nSPS) is 14.8. The third kappa shape index (κ3) is 4.81. The SMILES string of the molecule is COc1ccc(C(=O)CSc2n[nH]c(CCC3CCCC3)n2)cc1F. The van der Waals surface area contributed by atoms with Crippen molar-refractivity contribution in [3.63, 3.8) is 0 Å². The molecule has 25 heavy (non-hydrogen) atoms. The van der Waals surface area contributed by atoms with Crippen molar-refractivity contribution >= 4 is 17.5 Å². The van der Waals surface area contributed by atoms with Gasteiger partial charge in [-0.05, 0) is 30.5 Å². The molecule has 2 aromatic rings. The van der Waals surface area contributed by atoms with Gasteiger partial charge < -0.3 is 4.74 Å². The minimum absolute atomic E-state index is 0.130. The van der Waals surface area contributed by atoms with Gasteiger partial charge in [0.15, 0.2) is 17.3 Å². The van der Waals surface area contributed by atoms with Crippen LogP contribution in [0.3, 0.4) is 0 Å². The molecule has 1 aromatic carbocycles. The van der Waals surface area contributed by atoms with Gasteiger partial charge in [0.1, 0.15) is 5.82 Å². The minimum Gasteiger partial charge on any atom is -0.494 e. The van der Waals surface area contributed by atoms with E-state index >= 15 is 0 Å². The van der Waals surface area contributed by atoms with E-state index in [0.29, 0.717) is 10.7 Å². The zero-order valence-corrected chi connectivity index (χ0v) is 15.1. The predicted molar refractivity (Wildman–Crippen MR) is 94.7 cm³/mol. The topological polar surface area (TPSA) is 67.9 Å². The molecule has 0 radical (unpaired) electrons. The number of methoxy groups -OCH3 is 1. The Morgan fingerprint density at radius 2 is 2.20 bits per heavy atom. The molecule has 3 rings (SSSR count). The number of nitrogens with one attached hydrogen (secondary N) is 1. The minimum atomic E-state index is -0.537. The molecule has 0 bridgehead atoms. The first-order valence-electron chi connectivity index (χ1n) is 8.56. The van der Waals surface area contributed by atoms with Crippen molar-refractivity contribution in [2.75, 3.05) is 12.9 Å². The predicted octanol–water partition coefficient (Wildman–Crippen LogP) is 4.05. The summed E-state index contributed by atoms with van der Waals surface area (Å²) in [4.78, 5) is 16.6. The molecule has 1 aromatic heterocycles. The number of carbonyl (C=O) groups excluding carboxylic acids is 1. The highest BCUT2D eigenvalue weighted by atomic mass is 32.2. The molecule has 1 fully saturated rings. The largest absolute Gasteiger partial charge is 0.494 e. The lowest BCUT2D eigenvalue weighted by Crippen LogP contribution is -2.03. The lowest BCUT2D eigenvalue weighted by molar-refractivity contribution is 0.102. The van der Waals surface area contributed by atoms with Crippen LogP contribution in [0.5, 0.6) is 5.75 Å². The highest BCUT2D eigenvalue weighted by Gasteiger charge is 2.16. The second-order valence-corrected chi connectivity index (χ2v) is 7.26. The molecule has 0 aliphatic heterocycles. The first-order valence-corrected chi connectivity index (χ1v) is 9.55. The number of ether oxygens (including phenoxy) is 1. The Kier molecular flexibility index (Phi) is 6.07. The molecule has 0 atom stereocenters. The number of ketones is 1. The van der Waals surface area contributed by atoms with Crippen molar-refractivity contribution in [2.24, 2.45) is 5.92 Å². The Hall–Kier alpha value is -1.89. The molecule has 7 heteroatoms. The van der Waals surface area contributed by atoms with Crippen molar-refractivity contribution in [1.82, 2.24) is 15.2 Å². The monoisotopic (exact) mass is 363 g/mol. The van der Waals surface area contributed by atoms with Gasteiger partial charge in [-0.2, -0.15) is 0 Å². The maximum absolute atomic E-state index is 13.7. The molecule has 1 heterocycles. The molecule has 134 valence electrons. The van der Waals surface area contributed by atoms with Gasteiger partial charge in [-0.1, -0.05) is 37.4 Å². The molecule has 0 spiro atoms. The molecule has 5 nitrogen and oxygen atoms in total. The summed E-state index contributed by atoms with van der Waals surface area (Å²) in [6.07, 6.45) is 7.37. The van der Waals surface area contributed by atoms with Gasteiger partial charge in [-0.3, -0.25) is 9.89 Å². The average Bonchev–Trinajstić information content (AvgIpc) is 3.29. The fourth-order valence-corrected chi connectivity index (χ4v) is 3.86. The van der Waals surface area contributed by atoms with Gasteiger partial charge in [-0.25, -0.2) is 9.37 Å². The van der Waals surface area contributed by atoms with Crippen molar-refractivity contribution in [3.8, 4) is 5.75 Å². The average molecular weight is 363 g/mol. The van der Waals surface area contributed by atoms with Crippen molar-refractivity contribution in [1.29, 1.82) is 0 Å². The van der Waals surface area contributed by atoms with E-state index in [1.165, 1.54) is 56.7 Å². The smallest absolute Gasteiger partial charge is 0.208 e. The van der Waals surface area contributed by atoms with Crippen LogP contribution in [0.15, 0.2) is 23.4 Å². The third-order valence-electron chi connectivity index (χ3n) is 4.58. The van der Waals surface area contributed by atoms with Crippen LogP contribution in [0.25, 0.3) is 0 Å². The summed E-state index contributed by atoms with van der Waals surface area (Å²) in [6.45, 7) is 0. The summed E-state index contributed by atoms with van der Waals surface area (Å²) in [7, 11) is 1.39. The van der Waals surface area contributed by atoms with Crippen molar-refractivity contribution < 1.29 is 13.9 Å². The highest BCUT2D eigenvalue weighted by molar-refractivity contribution is 7.99. The quantitative estimate of drug-likeness (QED) is 0.566. The molecule has 1 aliphatic carbocycles. The number of halogens is 1. The van der Waals surface area contributed by atoms with Gasteiger partial charge in [0.05, 0.1) is 12.9 Å². The van der Waals surface area contributed by atoms with Crippen LogP contribution in [-0.2, 0) is 6.42 Å². The number of H-pyrrole nitrogens is 1. The van der Waals surface area contributed by atoms with E-state index in [2.05, 4.69) is 15.2 Å². The summed E-state index contributed by atoms with van der Waals surface area (Å²) < 4.78 is 18.5. The second-order valence-electron chi connectivity index (χ2n) is 6.32. The number of aromatic amines is 1. The molecule has 1 N–H and O–H groups in total. The van der Waals surface area contributed by atoms with Crippen LogP contribution in [0.4, 0.5) is 4.39 Å². The van der Waals surface area contributed by atoms with E-state index in [1.807, 2.05) is 0 Å². The summed E-state index contributed by atoms with van der Waals surface area (Å²) in [5.74, 6) is 1.29. The molecule has 1 saturated carbocycles. The molecular formula is C18H22FN3O2S. The van der Waals surface area contributed by atoms with Crippen molar-refractivity contribution in [2.45, 2.75) is 43.7 Å². The number of aromatic nitrogens is 3. The highest BCUT2D eigenvalue weighted by Crippen LogP contribution is 2.28. The Balaban J connectivity index is 1.49. The molecule has 0 amide bonds. The zero-order chi connectivity index (χ0) is 17.6. The number of thioether (sulfide) groups is 1. The van der Waals surface area contributed by atoms with Crippen LogP contribution in [0.2, 0.25) is 0 Å². The summed E-state index contributed by atoms with van der Waals surface area (Å²) >= 11 is 1.26. The lowest BCUT2D eigenvalue weighted by Gasteiger charge is -2.05. The Morgan fingerprint density at radius 1 is 1.40 bits per heavy atom. The number of hydrogen-bond donors (Lipinski definition) is 1. The van der Waals surface area contributed by atoms with Gasteiger partial charge in [-0.15, -0.1) is 5.10 Å². The summed E-state index contributed by atoms with van der Waals surface area (Å²) in [5, 5.41) is 7.66. The number of hydrogen-bond acceptors (Lipinski definition) is 5. The van der Waals surface area contributed by atoms with E-state index < -0.39 is 5.82 Å². The first-order chi connectivity index (χ1) is 12.2. The first kappa shape index (κ1) is 17.9. The van der Waals surface area contributed by atoms with Crippen LogP contribution in [0, 0.1) is 11.7 Å². The molecule has 1 aliphatic rings. The number of rotatable bonds is 8. The van der Waals surface area contributed by atoms with Gasteiger partial charge in [0, 0.05) is 12.0 Å². The van der Waals surface area contributed by atoms with E-state index in [1.54, 1.807) is 6.07 Å². The number of carbonyl (C=O) groups is 1. The third-order valence-corrected chi connectivity index (χ3v) is 5.43. The zero-order valence-electron chi connectivity index (χ0n) is 14.3. The van der Waals surface area contributed by atoms with Crippen molar-refractivity contribution in [3.05, 3.63) is 35.4 Å². The summed E-state index contributed by atoms with van der Waals surface area (Å²) in [5.41, 5.74) is 0.322. The van der Waals surface area contributed by atoms with Gasteiger partial charge >= 0.3 is 0 Å². The standard InChI is InChI=1S/C18H22FN3O2S/c1-24-16-8-7-13(10-14(16)19)15(23)11-25-18-20-17(21-22-18)9-6-12-4-2-3-5-12/h7-8,10,12H,2-6,9,11H2,1H3,(H,20,21,22). The second kappa shape index (κ2) is 8.47. The fourth-order valence-electron chi connectivity index (χ4n) is 3.15. The Morgan fingerprint density at radius 3 is 2.92 bits per heavy atom. The fraction of sp³-hybridized carbons (Fsp3) is 0.500. The van der Waals surface area contributed by atoms with Gasteiger partial charge in [0.25, 0.3) is 0 Å². The van der Waals surface area contributed by atoms with Crippen LogP contribution in [-0.4, -0.2) is 33.8 Å². The van der Waals surface area contributed by atoms with E-state index in [-0.39, 0.29) is 17.3 Å². The van der Waals surface area contributed by atoms with Crippen LogP contribution >= 0.6 is 11.8 Å². The maximum atomic E-state index is 13.7.